The fraction of sp³-hybridized carbons (Fsp3) is 0.235. The molecule has 0 aliphatic carbocycles. The maximum absolute atomic E-state index is 13.7. The van der Waals surface area contributed by atoms with Crippen molar-refractivity contribution in [3.63, 3.8) is 0 Å². The quantitative estimate of drug-likeness (QED) is 0.636. The lowest BCUT2D eigenvalue weighted by atomic mass is 9.77. The Morgan fingerprint density at radius 1 is 1.22 bits per heavy atom. The van der Waals surface area contributed by atoms with Crippen LogP contribution in [0.1, 0.15) is 22.0 Å². The zero-order chi connectivity index (χ0) is 19.8. The molecule has 6 nitrogen and oxygen atoms in total. The number of pyridine rings is 1. The Morgan fingerprint density at radius 3 is 2.44 bits per heavy atom. The highest BCUT2D eigenvalue weighted by Crippen LogP contribution is 2.43. The summed E-state index contributed by atoms with van der Waals surface area (Å²) in [7, 11) is 0. The van der Waals surface area contributed by atoms with Crippen molar-refractivity contribution in [2.75, 3.05) is 0 Å². The van der Waals surface area contributed by atoms with Crippen LogP contribution in [0.15, 0.2) is 53.3 Å². The van der Waals surface area contributed by atoms with Crippen LogP contribution >= 0.6 is 15.9 Å². The van der Waals surface area contributed by atoms with Crippen molar-refractivity contribution in [2.45, 2.75) is 17.9 Å². The van der Waals surface area contributed by atoms with Crippen LogP contribution in [0.4, 0.5) is 18.0 Å². The summed E-state index contributed by atoms with van der Waals surface area (Å²) in [5.41, 5.74) is -3.64. The summed E-state index contributed by atoms with van der Waals surface area (Å²) in [6, 6.07) is 6.07. The number of aromatic nitrogens is 1. The number of carbonyl (C=O) groups is 2. The normalized spacial score (nSPS) is 25.4. The van der Waals surface area contributed by atoms with Gasteiger partial charge in [-0.2, -0.15) is 13.2 Å². The minimum Gasteiger partial charge on any atom is -0.363 e. The highest BCUT2D eigenvalue weighted by Gasteiger charge is 2.66. The summed E-state index contributed by atoms with van der Waals surface area (Å²) in [5.74, 6) is -3.08. The van der Waals surface area contributed by atoms with Gasteiger partial charge in [0, 0.05) is 22.4 Å². The number of carbonyl (C=O) groups excluding carboxylic acids is 2. The van der Waals surface area contributed by atoms with Crippen molar-refractivity contribution in [1.82, 2.24) is 15.6 Å². The largest absolute Gasteiger partial charge is 0.437 e. The first kappa shape index (κ1) is 19.3. The molecular weight excluding hydrogens is 431 g/mol. The number of benzene rings is 1. The molecule has 0 radical (unpaired) electrons. The third-order valence-corrected chi connectivity index (χ3v) is 4.79. The van der Waals surface area contributed by atoms with Crippen molar-refractivity contribution >= 4 is 27.7 Å². The first-order chi connectivity index (χ1) is 12.6. The van der Waals surface area contributed by atoms with Gasteiger partial charge in [0.2, 0.25) is 5.72 Å². The first-order valence-corrected chi connectivity index (χ1v) is 8.50. The molecule has 10 heteroatoms. The minimum atomic E-state index is -5.29. The number of ketones is 1. The van der Waals surface area contributed by atoms with E-state index < -0.39 is 35.7 Å². The molecule has 1 fully saturated rings. The van der Waals surface area contributed by atoms with Gasteiger partial charge in [-0.1, -0.05) is 28.1 Å². The smallest absolute Gasteiger partial charge is 0.363 e. The topological polar surface area (TPSA) is 91.3 Å². The Balaban J connectivity index is 2.15. The molecule has 1 aliphatic rings. The number of Topliss-reactive ketones (excluding diaryl/α,β-unsaturated/α-hetero) is 1. The molecule has 1 saturated heterocycles. The van der Waals surface area contributed by atoms with E-state index in [4.69, 9.17) is 0 Å². The Hall–Kier alpha value is -2.46. The molecule has 0 bridgehead atoms. The highest BCUT2D eigenvalue weighted by atomic mass is 79.9. The van der Waals surface area contributed by atoms with Crippen LogP contribution in [-0.4, -0.2) is 33.8 Å². The second-order valence-corrected chi connectivity index (χ2v) is 6.89. The van der Waals surface area contributed by atoms with E-state index in [1.54, 1.807) is 12.1 Å². The number of alkyl halides is 3. The molecule has 1 aromatic carbocycles. The zero-order valence-corrected chi connectivity index (χ0v) is 15.1. The van der Waals surface area contributed by atoms with Gasteiger partial charge in [0.15, 0.2) is 5.78 Å². The Morgan fingerprint density at radius 2 is 1.89 bits per heavy atom. The third kappa shape index (κ3) is 3.54. The number of nitrogens with one attached hydrogen (secondary N) is 2. The summed E-state index contributed by atoms with van der Waals surface area (Å²) in [6.07, 6.45) is -2.82. The third-order valence-electron chi connectivity index (χ3n) is 4.26. The maximum Gasteiger partial charge on any atom is 0.437 e. The monoisotopic (exact) mass is 443 g/mol. The summed E-state index contributed by atoms with van der Waals surface area (Å²) in [6.45, 7) is 0. The number of halogens is 4. The average molecular weight is 444 g/mol. The second-order valence-electron chi connectivity index (χ2n) is 5.98. The predicted molar refractivity (Wildman–Crippen MR) is 91.6 cm³/mol. The Labute approximate surface area is 159 Å². The number of amides is 2. The van der Waals surface area contributed by atoms with E-state index in [0.29, 0.717) is 4.47 Å². The van der Waals surface area contributed by atoms with Crippen LogP contribution in [0.25, 0.3) is 0 Å². The lowest BCUT2D eigenvalue weighted by molar-refractivity contribution is -0.287. The van der Waals surface area contributed by atoms with Crippen molar-refractivity contribution in [1.29, 1.82) is 0 Å². The Kier molecular flexibility index (Phi) is 4.96. The number of aliphatic hydroxyl groups is 1. The van der Waals surface area contributed by atoms with Gasteiger partial charge in [0.05, 0.1) is 6.04 Å². The lowest BCUT2D eigenvalue weighted by Gasteiger charge is -2.45. The fourth-order valence-electron chi connectivity index (χ4n) is 2.97. The lowest BCUT2D eigenvalue weighted by Crippen LogP contribution is -2.72. The molecule has 2 aromatic rings. The number of hydrogen-bond acceptors (Lipinski definition) is 4. The molecule has 3 rings (SSSR count). The number of nitrogens with zero attached hydrogens (tertiary/aromatic N) is 1. The minimum absolute atomic E-state index is 0.120. The molecule has 27 heavy (non-hydrogen) atoms. The van der Waals surface area contributed by atoms with Gasteiger partial charge in [-0.3, -0.25) is 9.78 Å². The first-order valence-electron chi connectivity index (χ1n) is 7.71. The van der Waals surface area contributed by atoms with Gasteiger partial charge in [-0.15, -0.1) is 0 Å². The van der Waals surface area contributed by atoms with E-state index in [2.05, 4.69) is 26.2 Å². The zero-order valence-electron chi connectivity index (χ0n) is 13.5. The highest BCUT2D eigenvalue weighted by molar-refractivity contribution is 9.10. The van der Waals surface area contributed by atoms with Crippen molar-refractivity contribution in [3.8, 4) is 0 Å². The summed E-state index contributed by atoms with van der Waals surface area (Å²) >= 11 is 3.21. The summed E-state index contributed by atoms with van der Waals surface area (Å²) < 4.78 is 41.8. The molecule has 3 atom stereocenters. The Bertz CT molecular complexity index is 861. The molecule has 0 spiro atoms. The molecule has 1 aliphatic heterocycles. The van der Waals surface area contributed by atoms with E-state index in [0.717, 1.165) is 6.20 Å². The van der Waals surface area contributed by atoms with E-state index >= 15 is 0 Å². The van der Waals surface area contributed by atoms with Crippen LogP contribution in [0.2, 0.25) is 0 Å². The van der Waals surface area contributed by atoms with E-state index in [1.807, 2.05) is 0 Å². The van der Waals surface area contributed by atoms with Gasteiger partial charge < -0.3 is 15.7 Å². The fourth-order valence-corrected chi connectivity index (χ4v) is 3.24. The van der Waals surface area contributed by atoms with Crippen LogP contribution < -0.4 is 10.6 Å². The van der Waals surface area contributed by atoms with Gasteiger partial charge in [0.1, 0.15) is 5.92 Å². The second kappa shape index (κ2) is 6.93. The molecule has 0 unspecified atom stereocenters. The van der Waals surface area contributed by atoms with E-state index in [1.165, 1.54) is 35.8 Å². The molecule has 0 saturated carbocycles. The average Bonchev–Trinajstić information content (AvgIpc) is 2.61. The molecule has 2 amide bonds. The molecule has 142 valence electrons. The summed E-state index contributed by atoms with van der Waals surface area (Å²) in [5, 5.41) is 14.2. The molecule has 3 N–H and O–H groups in total. The van der Waals surface area contributed by atoms with Gasteiger partial charge >= 0.3 is 12.2 Å². The molecule has 1 aromatic heterocycles. The van der Waals surface area contributed by atoms with Crippen molar-refractivity contribution in [3.05, 3.63) is 64.4 Å². The van der Waals surface area contributed by atoms with Gasteiger partial charge in [-0.25, -0.2) is 4.79 Å². The standard InChI is InChI=1S/C17H13BrF3N3O3/c18-11-5-3-9(4-6-11)13-12(14(25)10-2-1-7-22-8-10)16(27,17(19,20)21)24-15(26)23-13/h1-8,12-13,27H,(H2,23,24,26)/t12-,13-,16-/m0/s1. The van der Waals surface area contributed by atoms with Crippen LogP contribution in [-0.2, 0) is 0 Å². The van der Waals surface area contributed by atoms with Crippen molar-refractivity contribution < 1.29 is 27.9 Å². The predicted octanol–water partition coefficient (Wildman–Crippen LogP) is 2.95. The van der Waals surface area contributed by atoms with Crippen LogP contribution in [0, 0.1) is 5.92 Å². The van der Waals surface area contributed by atoms with E-state index in [9.17, 15) is 27.9 Å². The SMILES string of the molecule is O=C1N[C@@H](c2ccc(Br)cc2)[C@@H](C(=O)c2cccnc2)[C@](O)(C(F)(F)F)N1. The van der Waals surface area contributed by atoms with Crippen LogP contribution in [0.3, 0.4) is 0 Å². The molecular formula is C17H13BrF3N3O3. The maximum atomic E-state index is 13.7. The number of rotatable bonds is 3. The van der Waals surface area contributed by atoms with Crippen molar-refractivity contribution in [2.24, 2.45) is 5.92 Å². The number of urea groups is 1. The van der Waals surface area contributed by atoms with E-state index in [-0.39, 0.29) is 11.1 Å². The molecule has 2 heterocycles. The van der Waals surface area contributed by atoms with Gasteiger partial charge in [0.25, 0.3) is 0 Å². The number of hydrogen-bond donors (Lipinski definition) is 3. The van der Waals surface area contributed by atoms with Gasteiger partial charge in [-0.05, 0) is 29.8 Å². The van der Waals surface area contributed by atoms with Crippen LogP contribution in [0.5, 0.6) is 0 Å². The summed E-state index contributed by atoms with van der Waals surface area (Å²) in [4.78, 5) is 28.5.